The van der Waals surface area contributed by atoms with Crippen LogP contribution in [0.25, 0.3) is 11.4 Å². The van der Waals surface area contributed by atoms with Crippen molar-refractivity contribution in [1.29, 1.82) is 0 Å². The van der Waals surface area contributed by atoms with E-state index in [2.05, 4.69) is 60.2 Å². The van der Waals surface area contributed by atoms with Crippen LogP contribution in [0, 0.1) is 0 Å². The van der Waals surface area contributed by atoms with Gasteiger partial charge in [-0.2, -0.15) is 5.10 Å². The van der Waals surface area contributed by atoms with Crippen LogP contribution in [0.5, 0.6) is 0 Å². The molecule has 0 amide bonds. The third-order valence-corrected chi connectivity index (χ3v) is 4.80. The van der Waals surface area contributed by atoms with E-state index < -0.39 is 0 Å². The number of nitrogens with zero attached hydrogens (tertiary/aromatic N) is 5. The summed E-state index contributed by atoms with van der Waals surface area (Å²) in [6.45, 7) is 4.05. The number of benzene rings is 1. The number of guanidine groups is 1. The van der Waals surface area contributed by atoms with E-state index in [1.807, 2.05) is 31.1 Å². The highest BCUT2D eigenvalue weighted by atomic mass is 32.1. The first-order valence-electron chi connectivity index (χ1n) is 8.74. The molecule has 2 aromatic heterocycles. The van der Waals surface area contributed by atoms with E-state index in [4.69, 9.17) is 0 Å². The minimum Gasteiger partial charge on any atom is -0.357 e. The third kappa shape index (κ3) is 5.27. The summed E-state index contributed by atoms with van der Waals surface area (Å²) in [7, 11) is 3.99. The van der Waals surface area contributed by atoms with Crippen molar-refractivity contribution in [3.05, 3.63) is 47.2 Å². The maximum absolute atomic E-state index is 4.68. The minimum atomic E-state index is 0.567. The Balaban J connectivity index is 1.64. The topological polar surface area (TPSA) is 94.1 Å². The lowest BCUT2D eigenvalue weighted by Gasteiger charge is -2.10. The van der Waals surface area contributed by atoms with E-state index in [1.165, 1.54) is 6.33 Å². The van der Waals surface area contributed by atoms with Crippen molar-refractivity contribution in [2.45, 2.75) is 20.0 Å². The van der Waals surface area contributed by atoms with E-state index in [-0.39, 0.29) is 0 Å². The molecule has 0 spiro atoms. The average Bonchev–Trinajstić information content (AvgIpc) is 3.36. The van der Waals surface area contributed by atoms with Crippen molar-refractivity contribution in [2.75, 3.05) is 25.5 Å². The van der Waals surface area contributed by atoms with Crippen molar-refractivity contribution in [2.24, 2.45) is 4.99 Å². The Labute approximate surface area is 162 Å². The molecule has 0 bridgehead atoms. The Hall–Kier alpha value is -2.94. The van der Waals surface area contributed by atoms with Crippen molar-refractivity contribution in [1.82, 2.24) is 30.8 Å². The lowest BCUT2D eigenvalue weighted by molar-refractivity contribution is 0.803. The molecule has 0 aliphatic heterocycles. The molecule has 2 heterocycles. The van der Waals surface area contributed by atoms with E-state index in [0.29, 0.717) is 13.1 Å². The van der Waals surface area contributed by atoms with Crippen LogP contribution < -0.4 is 15.5 Å². The molecule has 8 nitrogen and oxygen atoms in total. The van der Waals surface area contributed by atoms with Gasteiger partial charge in [-0.25, -0.2) is 15.0 Å². The molecule has 0 saturated carbocycles. The van der Waals surface area contributed by atoms with Crippen LogP contribution in [-0.4, -0.2) is 46.8 Å². The molecular weight excluding hydrogens is 360 g/mol. The van der Waals surface area contributed by atoms with Crippen LogP contribution in [-0.2, 0) is 13.1 Å². The summed E-state index contributed by atoms with van der Waals surface area (Å²) in [4.78, 5) is 15.5. The Morgan fingerprint density at radius 3 is 2.89 bits per heavy atom. The Morgan fingerprint density at radius 1 is 1.30 bits per heavy atom. The first kappa shape index (κ1) is 18.8. The molecule has 3 rings (SSSR count). The first-order chi connectivity index (χ1) is 13.2. The number of aliphatic imine (C=N–C) groups is 1. The van der Waals surface area contributed by atoms with Crippen molar-refractivity contribution in [3.8, 4) is 11.4 Å². The van der Waals surface area contributed by atoms with Gasteiger partial charge in [0.05, 0.1) is 18.8 Å². The number of hydrogen-bond donors (Lipinski definition) is 3. The second kappa shape index (κ2) is 9.13. The molecule has 142 valence electrons. The van der Waals surface area contributed by atoms with E-state index in [0.717, 1.165) is 40.3 Å². The summed E-state index contributed by atoms with van der Waals surface area (Å²) in [5.41, 5.74) is 3.10. The molecule has 27 heavy (non-hydrogen) atoms. The monoisotopic (exact) mass is 384 g/mol. The molecule has 0 saturated heterocycles. The van der Waals surface area contributed by atoms with Crippen molar-refractivity contribution < 1.29 is 0 Å². The number of aromatic amines is 1. The highest BCUT2D eigenvalue weighted by molar-refractivity contribution is 7.13. The van der Waals surface area contributed by atoms with Gasteiger partial charge in [-0.05, 0) is 18.6 Å². The van der Waals surface area contributed by atoms with Crippen LogP contribution in [0.4, 0.5) is 5.13 Å². The number of anilines is 1. The van der Waals surface area contributed by atoms with Gasteiger partial charge in [0.25, 0.3) is 0 Å². The molecule has 0 aliphatic rings. The van der Waals surface area contributed by atoms with Gasteiger partial charge in [0.15, 0.2) is 16.9 Å². The fraction of sp³-hybridized carbons (Fsp3) is 0.333. The molecule has 9 heteroatoms. The van der Waals surface area contributed by atoms with Gasteiger partial charge in [0, 0.05) is 31.6 Å². The number of rotatable bonds is 7. The molecule has 0 fully saturated rings. The number of nitrogens with one attached hydrogen (secondary N) is 3. The molecule has 3 aromatic rings. The third-order valence-electron chi connectivity index (χ3n) is 3.74. The quantitative estimate of drug-likeness (QED) is 0.427. The smallest absolute Gasteiger partial charge is 0.191 e. The number of aromatic nitrogens is 4. The first-order valence-corrected chi connectivity index (χ1v) is 9.62. The number of thiazole rings is 1. The van der Waals surface area contributed by atoms with Crippen LogP contribution in [0.15, 0.2) is 41.0 Å². The van der Waals surface area contributed by atoms with E-state index in [1.54, 1.807) is 11.3 Å². The summed E-state index contributed by atoms with van der Waals surface area (Å²) in [5, 5.41) is 16.5. The summed E-state index contributed by atoms with van der Waals surface area (Å²) in [5.74, 6) is 1.52. The second-order valence-corrected chi connectivity index (χ2v) is 6.94. The van der Waals surface area contributed by atoms with Gasteiger partial charge < -0.3 is 15.5 Å². The maximum Gasteiger partial charge on any atom is 0.191 e. The molecular formula is C18H24N8S. The molecule has 0 radical (unpaired) electrons. The lowest BCUT2D eigenvalue weighted by Crippen LogP contribution is -2.36. The van der Waals surface area contributed by atoms with Gasteiger partial charge in [-0.1, -0.05) is 18.2 Å². The average molecular weight is 385 g/mol. The summed E-state index contributed by atoms with van der Waals surface area (Å²) in [6.07, 6.45) is 1.51. The zero-order valence-corrected chi connectivity index (χ0v) is 16.5. The standard InChI is InChI=1S/C18H24N8S/c1-4-19-17(21-10-15-11-27-18(24-15)26(2)3)20-9-13-6-5-7-14(8-13)16-22-12-23-25-16/h5-8,11-12H,4,9-10H2,1-3H3,(H2,19,20,21)(H,22,23,25). The number of H-pyrrole nitrogens is 1. The van der Waals surface area contributed by atoms with Gasteiger partial charge >= 0.3 is 0 Å². The summed E-state index contributed by atoms with van der Waals surface area (Å²) >= 11 is 1.63. The van der Waals surface area contributed by atoms with E-state index in [9.17, 15) is 0 Å². The van der Waals surface area contributed by atoms with E-state index >= 15 is 0 Å². The Bertz CT molecular complexity index is 869. The van der Waals surface area contributed by atoms with Crippen molar-refractivity contribution >= 4 is 22.4 Å². The molecule has 0 atom stereocenters. The largest absolute Gasteiger partial charge is 0.357 e. The Kier molecular flexibility index (Phi) is 6.37. The zero-order chi connectivity index (χ0) is 19.1. The van der Waals surface area contributed by atoms with Gasteiger partial charge in [-0.15, -0.1) is 11.3 Å². The molecule has 1 aromatic carbocycles. The number of hydrogen-bond acceptors (Lipinski definition) is 6. The Morgan fingerprint density at radius 2 is 2.19 bits per heavy atom. The maximum atomic E-state index is 4.68. The predicted octanol–water partition coefficient (Wildman–Crippen LogP) is 2.25. The van der Waals surface area contributed by atoms with Gasteiger partial charge in [-0.3, -0.25) is 5.10 Å². The highest BCUT2D eigenvalue weighted by Crippen LogP contribution is 2.18. The normalized spacial score (nSPS) is 11.4. The lowest BCUT2D eigenvalue weighted by atomic mass is 10.1. The predicted molar refractivity (Wildman–Crippen MR) is 110 cm³/mol. The summed E-state index contributed by atoms with van der Waals surface area (Å²) in [6, 6.07) is 8.12. The molecule has 0 aliphatic carbocycles. The fourth-order valence-corrected chi connectivity index (χ4v) is 3.19. The van der Waals surface area contributed by atoms with Crippen LogP contribution >= 0.6 is 11.3 Å². The van der Waals surface area contributed by atoms with Crippen LogP contribution in [0.1, 0.15) is 18.2 Å². The zero-order valence-electron chi connectivity index (χ0n) is 15.7. The summed E-state index contributed by atoms with van der Waals surface area (Å²) < 4.78 is 0. The second-order valence-electron chi connectivity index (χ2n) is 6.10. The SMILES string of the molecule is CCNC(=NCc1cccc(-c2ncn[nH]2)c1)NCc1csc(N(C)C)n1. The fourth-order valence-electron chi connectivity index (χ4n) is 2.43. The molecule has 3 N–H and O–H groups in total. The van der Waals surface area contributed by atoms with Gasteiger partial charge in [0.1, 0.15) is 6.33 Å². The van der Waals surface area contributed by atoms with Crippen LogP contribution in [0.3, 0.4) is 0 Å². The van der Waals surface area contributed by atoms with Gasteiger partial charge in [0.2, 0.25) is 0 Å². The van der Waals surface area contributed by atoms with Crippen molar-refractivity contribution in [3.63, 3.8) is 0 Å². The minimum absolute atomic E-state index is 0.567. The van der Waals surface area contributed by atoms with Crippen LogP contribution in [0.2, 0.25) is 0 Å². The highest BCUT2D eigenvalue weighted by Gasteiger charge is 2.05. The molecule has 0 unspecified atom stereocenters.